The van der Waals surface area contributed by atoms with E-state index in [1.54, 1.807) is 13.8 Å². The van der Waals surface area contributed by atoms with Gasteiger partial charge in [-0.05, 0) is 111 Å². The summed E-state index contributed by atoms with van der Waals surface area (Å²) in [5.74, 6) is -2.55. The van der Waals surface area contributed by atoms with Crippen LogP contribution in [0, 0.1) is 0 Å². The number of ether oxygens (including phenoxy) is 3. The van der Waals surface area contributed by atoms with Gasteiger partial charge in [-0.1, -0.05) is 238 Å². The van der Waals surface area contributed by atoms with Crippen LogP contribution in [0.15, 0.2) is 121 Å². The van der Waals surface area contributed by atoms with Gasteiger partial charge in [0.1, 0.15) is 24.5 Å². The normalized spacial score (nSPS) is 16.1. The number of aromatic nitrogens is 6. The quantitative estimate of drug-likeness (QED) is 0.0332. The van der Waals surface area contributed by atoms with Crippen molar-refractivity contribution in [1.29, 1.82) is 0 Å². The number of rotatable bonds is 25. The van der Waals surface area contributed by atoms with Gasteiger partial charge < -0.3 is 39.0 Å². The van der Waals surface area contributed by atoms with E-state index in [2.05, 4.69) is 220 Å². The Kier molecular flexibility index (Phi) is 30.2. The van der Waals surface area contributed by atoms with Gasteiger partial charge in [0.05, 0.1) is 22.4 Å². The van der Waals surface area contributed by atoms with E-state index >= 15 is 0 Å². The molecule has 0 saturated carbocycles. The lowest BCUT2D eigenvalue weighted by Gasteiger charge is -2.44. The molecule has 4 aromatic carbocycles. The number of amides is 2. The van der Waals surface area contributed by atoms with Crippen LogP contribution >= 0.6 is 34.0 Å². The molecule has 3 aliphatic heterocycles. The predicted octanol–water partition coefficient (Wildman–Crippen LogP) is 10.2. The molecule has 3 aliphatic rings. The topological polar surface area (TPSA) is 368 Å². The Morgan fingerprint density at radius 2 is 0.691 bits per heavy atom. The summed E-state index contributed by atoms with van der Waals surface area (Å²) in [6, 6.07) is 42.3. The molecule has 2 amide bonds. The van der Waals surface area contributed by atoms with Crippen molar-refractivity contribution in [1.82, 2.24) is 30.6 Å². The van der Waals surface area contributed by atoms with Crippen LogP contribution < -0.4 is 37.1 Å². The third-order valence-electron chi connectivity index (χ3n) is 20.6. The van der Waals surface area contributed by atoms with Crippen LogP contribution in [-0.4, -0.2) is 190 Å². The molecule has 0 radical (unpaired) electrons. The van der Waals surface area contributed by atoms with Gasteiger partial charge in [-0.25, -0.2) is 25.3 Å². The smallest absolute Gasteiger partial charge is 0.324 e. The summed E-state index contributed by atoms with van der Waals surface area (Å²) in [6.07, 6.45) is 2.35. The van der Waals surface area contributed by atoms with Crippen LogP contribution in [0.5, 0.6) is 0 Å². The second-order valence-corrected chi connectivity index (χ2v) is 53.2. The summed E-state index contributed by atoms with van der Waals surface area (Å²) >= 11 is 3.81. The maximum Gasteiger partial charge on any atom is 0.324 e. The third kappa shape index (κ3) is 20.5. The molecule has 606 valence electrons. The van der Waals surface area contributed by atoms with Gasteiger partial charge in [0.15, 0.2) is 34.3 Å². The lowest BCUT2D eigenvalue weighted by molar-refractivity contribution is -0.139. The van der Waals surface area contributed by atoms with Crippen LogP contribution in [0.3, 0.4) is 0 Å². The minimum absolute atomic E-state index is 0.0497. The zero-order chi connectivity index (χ0) is 81.8. The highest BCUT2D eigenvalue weighted by atomic mass is 32.2. The Bertz CT molecular complexity index is 4440. The van der Waals surface area contributed by atoms with Crippen LogP contribution in [-0.2, 0) is 83.2 Å². The number of hydrogen-bond donors (Lipinski definition) is 5. The number of nitrogens with zero attached hydrogens (tertiary/aromatic N) is 6. The second kappa shape index (κ2) is 36.5. The van der Waals surface area contributed by atoms with Crippen molar-refractivity contribution in [3.05, 3.63) is 136 Å². The van der Waals surface area contributed by atoms with Crippen LogP contribution in [0.2, 0.25) is 10.1 Å². The molecule has 10 rings (SSSR count). The van der Waals surface area contributed by atoms with Gasteiger partial charge in [-0.3, -0.25) is 25.0 Å². The van der Waals surface area contributed by atoms with Gasteiger partial charge in [0, 0.05) is 69.1 Å². The number of anilines is 3. The highest BCUT2D eigenvalue weighted by Crippen LogP contribution is 2.42. The van der Waals surface area contributed by atoms with Crippen molar-refractivity contribution in [3.63, 3.8) is 0 Å². The second-order valence-electron chi connectivity index (χ2n) is 33.3. The molecule has 25 nitrogen and oxygen atoms in total. The Morgan fingerprint density at radius 3 is 0.945 bits per heavy atom. The highest BCUT2D eigenvalue weighted by Gasteiger charge is 2.54. The van der Waals surface area contributed by atoms with E-state index in [4.69, 9.17) is 33.9 Å². The molecular formula is C77H113N9O16S6Si2. The molecular weight excluding hydrogens is 1560 g/mol. The minimum atomic E-state index is -3.75. The standard InChI is InChI=1S/C31H43N3O5S2Si.C22H29N3OSSi.C15H25N3O5S2.C9H16O5S/c1-29(2,3)42(24-14-10-8-11-15-24,25-16-12-9-13-17-25)39-22-30(4,5)27-33-34-28(40-27)32-26(35)31(6,7)41(36,37)23-18-20-38-21-19-23;1-21(2,3)28(17-12-8-6-9-13-17,18-14-10-7-11-15-18)26-16-22(4,5)19-24-25-20(23)27-19;1-14(2,9-19)12-17-18-13(24-12)16-11(20)15(3,4)25(21,22)10-5-7-23-8-6-10;1-9(2,8(10)11)15(12,13)7-3-5-14-6-4-7/h8-17,23H,18-22H2,1-7H3,(H,32,34,35);6-15H,16H2,1-5H3,(H2,23,25);10,19H,5-9H2,1-4H3,(H,16,18,20);7H,3-6H2,1-2H3,(H,10,11). The first-order chi connectivity index (χ1) is 51.1. The van der Waals surface area contributed by atoms with Crippen LogP contribution in [0.4, 0.5) is 15.4 Å². The lowest BCUT2D eigenvalue weighted by Crippen LogP contribution is -2.67. The van der Waals surface area contributed by atoms with Gasteiger partial charge in [-0.15, -0.1) is 30.6 Å². The molecule has 0 aliphatic carbocycles. The minimum Gasteiger partial charge on any atom is -0.480 e. The fourth-order valence-corrected chi connectivity index (χ4v) is 30.6. The Morgan fingerprint density at radius 1 is 0.427 bits per heavy atom. The van der Waals surface area contributed by atoms with Crippen LogP contribution in [0.1, 0.15) is 178 Å². The molecule has 3 fully saturated rings. The Hall–Kier alpha value is -6.19. The molecule has 0 bridgehead atoms. The number of carboxylic acid groups (broad SMARTS) is 1. The van der Waals surface area contributed by atoms with Crippen molar-refractivity contribution in [3.8, 4) is 0 Å². The monoisotopic (exact) mass is 1670 g/mol. The average Bonchev–Trinajstić information content (AvgIpc) is 0.861. The Balaban J connectivity index is 0.000000216. The SMILES string of the molecule is CC(C)(C(=O)O)S(=O)(=O)C1CCOCC1.CC(C)(CO)c1nnc(NC(=O)C(C)(C)S(=O)(=O)C2CCOCC2)s1.CC(C)(CO[Si](c1ccccc1)(c1ccccc1)C(C)(C)C)c1nnc(N)s1.CC(C)(CO[Si](c1ccccc1)(c1ccccc1)C(C)(C)C)c1nnc(NC(=O)C(C)(C)S(=O)(=O)C2CCOCC2)s1. The zero-order valence-corrected chi connectivity index (χ0v) is 73.6. The molecule has 33 heteroatoms. The summed E-state index contributed by atoms with van der Waals surface area (Å²) in [4.78, 5) is 36.8. The number of carboxylic acids is 1. The molecule has 0 spiro atoms. The summed E-state index contributed by atoms with van der Waals surface area (Å²) in [7, 11) is -16.4. The summed E-state index contributed by atoms with van der Waals surface area (Å²) in [5.41, 5.74) is 4.44. The third-order valence-corrected chi connectivity index (χ3v) is 42.9. The number of carbonyl (C=O) groups excluding carboxylic acids is 2. The van der Waals surface area contributed by atoms with Crippen molar-refractivity contribution < 1.29 is 72.9 Å². The first-order valence-electron chi connectivity index (χ1n) is 36.8. The van der Waals surface area contributed by atoms with E-state index < -0.39 is 105 Å². The lowest BCUT2D eigenvalue weighted by atomic mass is 9.96. The average molecular weight is 1670 g/mol. The van der Waals surface area contributed by atoms with E-state index in [9.17, 15) is 44.7 Å². The summed E-state index contributed by atoms with van der Waals surface area (Å²) < 4.78 is 101. The highest BCUT2D eigenvalue weighted by molar-refractivity contribution is 7.94. The van der Waals surface area contributed by atoms with Crippen molar-refractivity contribution in [2.24, 2.45) is 0 Å². The molecule has 7 aromatic rings. The van der Waals surface area contributed by atoms with Gasteiger partial charge in [0.25, 0.3) is 16.6 Å². The summed E-state index contributed by atoms with van der Waals surface area (Å²) in [5, 5.41) is 54.4. The number of sulfone groups is 3. The molecule has 3 aromatic heterocycles. The molecule has 0 unspecified atom stereocenters. The van der Waals surface area contributed by atoms with E-state index in [0.29, 0.717) is 107 Å². The largest absolute Gasteiger partial charge is 0.480 e. The van der Waals surface area contributed by atoms with Gasteiger partial charge in [0.2, 0.25) is 27.2 Å². The Labute approximate surface area is 664 Å². The number of hydrogen-bond acceptors (Lipinski definition) is 25. The number of nitrogens with one attached hydrogen (secondary N) is 2. The van der Waals surface area contributed by atoms with E-state index in [-0.39, 0.29) is 32.4 Å². The van der Waals surface area contributed by atoms with Crippen LogP contribution in [0.25, 0.3) is 0 Å². The fraction of sp³-hybridized carbons (Fsp3) is 0.571. The molecule has 6 heterocycles. The first-order valence-corrected chi connectivity index (χ1v) is 47.7. The maximum absolute atomic E-state index is 13.3. The molecule has 6 N–H and O–H groups in total. The molecule has 110 heavy (non-hydrogen) atoms. The van der Waals surface area contributed by atoms with E-state index in [1.807, 2.05) is 12.1 Å². The van der Waals surface area contributed by atoms with Crippen molar-refractivity contribution >= 4 is 134 Å². The van der Waals surface area contributed by atoms with Gasteiger partial charge in [-0.2, -0.15) is 0 Å². The first kappa shape index (κ1) is 91.0. The number of aliphatic hydroxyl groups is 1. The number of nitrogens with two attached hydrogens (primary N) is 1. The van der Waals surface area contributed by atoms with E-state index in [0.717, 1.165) is 16.3 Å². The molecule has 0 atom stereocenters. The van der Waals surface area contributed by atoms with Gasteiger partial charge >= 0.3 is 5.97 Å². The number of aliphatic carboxylic acids is 1. The van der Waals surface area contributed by atoms with E-state index in [1.165, 1.54) is 85.0 Å². The fourth-order valence-electron chi connectivity index (χ4n) is 13.0. The van der Waals surface area contributed by atoms with Crippen molar-refractivity contribution in [2.75, 3.05) is 75.8 Å². The predicted molar refractivity (Wildman–Crippen MR) is 443 cm³/mol. The zero-order valence-electron chi connectivity index (χ0n) is 66.7. The number of nitrogen functional groups attached to an aromatic ring is 1. The van der Waals surface area contributed by atoms with Crippen molar-refractivity contribution in [2.45, 2.75) is 219 Å². The maximum atomic E-state index is 13.3. The molecule has 3 saturated heterocycles. The number of carbonyl (C=O) groups is 3. The summed E-state index contributed by atoms with van der Waals surface area (Å²) in [6.45, 7) is 36.9. The number of benzene rings is 4. The number of aliphatic hydroxyl groups excluding tert-OH is 1.